The number of amides is 1. The molecule has 20 heavy (non-hydrogen) atoms. The number of hydrogen-bond donors (Lipinski definition) is 1. The maximum Gasteiger partial charge on any atom is 0.288 e. The molecular formula is C14H15ClN2O3. The minimum atomic E-state index is -0.745. The zero-order chi connectivity index (χ0) is 15.3. The normalized spacial score (nSPS) is 10.7. The number of rotatable bonds is 5. The molecule has 0 spiro atoms. The SMILES string of the molecule is C#CC(CC)(CC)NC(=O)c1ccc(Cl)c([N+](=O)[O-])c1. The van der Waals surface area contributed by atoms with Gasteiger partial charge in [-0.3, -0.25) is 14.9 Å². The standard InChI is InChI=1S/C14H15ClN2O3/c1-4-14(5-2,6-3)16-13(18)10-7-8-11(15)12(9-10)17(19)20/h1,7-9H,5-6H2,2-3H3,(H,16,18). The van der Waals surface area contributed by atoms with Crippen molar-refractivity contribution in [2.45, 2.75) is 32.2 Å². The molecule has 1 aromatic rings. The zero-order valence-electron chi connectivity index (χ0n) is 11.3. The molecule has 0 saturated heterocycles. The van der Waals surface area contributed by atoms with E-state index in [1.807, 2.05) is 13.8 Å². The van der Waals surface area contributed by atoms with Crippen LogP contribution in [0.3, 0.4) is 0 Å². The van der Waals surface area contributed by atoms with Crippen LogP contribution in [0, 0.1) is 22.5 Å². The minimum Gasteiger partial charge on any atom is -0.336 e. The molecule has 0 bridgehead atoms. The first-order chi connectivity index (χ1) is 9.39. The Bertz CT molecular complexity index is 574. The number of nitrogens with one attached hydrogen (secondary N) is 1. The van der Waals surface area contributed by atoms with Crippen LogP contribution in [0.1, 0.15) is 37.0 Å². The van der Waals surface area contributed by atoms with Crippen molar-refractivity contribution in [3.63, 3.8) is 0 Å². The first-order valence-corrected chi connectivity index (χ1v) is 6.51. The highest BCUT2D eigenvalue weighted by atomic mass is 35.5. The molecule has 0 saturated carbocycles. The molecule has 0 atom stereocenters. The van der Waals surface area contributed by atoms with Crippen molar-refractivity contribution in [2.24, 2.45) is 0 Å². The summed E-state index contributed by atoms with van der Waals surface area (Å²) < 4.78 is 0. The van der Waals surface area contributed by atoms with E-state index in [1.165, 1.54) is 12.1 Å². The highest BCUT2D eigenvalue weighted by Crippen LogP contribution is 2.25. The molecule has 5 nitrogen and oxygen atoms in total. The molecule has 0 aliphatic heterocycles. The summed E-state index contributed by atoms with van der Waals surface area (Å²) in [5.41, 5.74) is -0.896. The Labute approximate surface area is 122 Å². The van der Waals surface area contributed by atoms with Gasteiger partial charge in [-0.1, -0.05) is 31.4 Å². The first-order valence-electron chi connectivity index (χ1n) is 6.13. The van der Waals surface area contributed by atoms with Crippen LogP contribution in [0.2, 0.25) is 5.02 Å². The summed E-state index contributed by atoms with van der Waals surface area (Å²) in [4.78, 5) is 22.3. The number of benzene rings is 1. The first kappa shape index (κ1) is 16.0. The molecule has 1 rings (SSSR count). The molecule has 0 aliphatic carbocycles. The van der Waals surface area contributed by atoms with Gasteiger partial charge in [0.2, 0.25) is 0 Å². The Hall–Kier alpha value is -2.06. The van der Waals surface area contributed by atoms with E-state index in [0.29, 0.717) is 12.8 Å². The lowest BCUT2D eigenvalue weighted by molar-refractivity contribution is -0.384. The van der Waals surface area contributed by atoms with E-state index in [0.717, 1.165) is 6.07 Å². The van der Waals surface area contributed by atoms with Gasteiger partial charge in [-0.2, -0.15) is 0 Å². The Kier molecular flexibility index (Phi) is 5.12. The molecule has 1 amide bonds. The predicted molar refractivity (Wildman–Crippen MR) is 77.7 cm³/mol. The van der Waals surface area contributed by atoms with Crippen LogP contribution < -0.4 is 5.32 Å². The van der Waals surface area contributed by atoms with E-state index in [2.05, 4.69) is 11.2 Å². The van der Waals surface area contributed by atoms with Gasteiger partial charge in [-0.15, -0.1) is 6.42 Å². The third kappa shape index (κ3) is 3.28. The molecule has 1 N–H and O–H groups in total. The average Bonchev–Trinajstić information content (AvgIpc) is 2.45. The number of carbonyl (C=O) groups excluding carboxylic acids is 1. The van der Waals surface area contributed by atoms with E-state index >= 15 is 0 Å². The third-order valence-electron chi connectivity index (χ3n) is 3.24. The van der Waals surface area contributed by atoms with Gasteiger partial charge < -0.3 is 5.32 Å². The quantitative estimate of drug-likeness (QED) is 0.515. The van der Waals surface area contributed by atoms with E-state index in [-0.39, 0.29) is 16.3 Å². The molecule has 1 aromatic carbocycles. The van der Waals surface area contributed by atoms with Crippen LogP contribution >= 0.6 is 11.6 Å². The number of halogens is 1. The summed E-state index contributed by atoms with van der Waals surface area (Å²) in [7, 11) is 0. The molecule has 6 heteroatoms. The van der Waals surface area contributed by atoms with Gasteiger partial charge >= 0.3 is 0 Å². The molecule has 0 aliphatic rings. The Morgan fingerprint density at radius 2 is 2.10 bits per heavy atom. The fourth-order valence-electron chi connectivity index (χ4n) is 1.75. The van der Waals surface area contributed by atoms with E-state index < -0.39 is 16.4 Å². The fourth-order valence-corrected chi connectivity index (χ4v) is 1.94. The third-order valence-corrected chi connectivity index (χ3v) is 3.56. The van der Waals surface area contributed by atoms with E-state index in [9.17, 15) is 14.9 Å². The van der Waals surface area contributed by atoms with Crippen LogP contribution in [-0.4, -0.2) is 16.4 Å². The molecule has 0 aromatic heterocycles. The summed E-state index contributed by atoms with van der Waals surface area (Å²) in [6, 6.07) is 3.89. The van der Waals surface area contributed by atoms with Gasteiger partial charge in [-0.25, -0.2) is 0 Å². The zero-order valence-corrected chi connectivity index (χ0v) is 12.0. The number of terminal acetylenes is 1. The average molecular weight is 295 g/mol. The monoisotopic (exact) mass is 294 g/mol. The number of carbonyl (C=O) groups is 1. The number of hydrogen-bond acceptors (Lipinski definition) is 3. The molecule has 0 radical (unpaired) electrons. The van der Waals surface area contributed by atoms with Crippen molar-refractivity contribution < 1.29 is 9.72 Å². The topological polar surface area (TPSA) is 72.2 Å². The van der Waals surface area contributed by atoms with Gasteiger partial charge in [-0.05, 0) is 25.0 Å². The smallest absolute Gasteiger partial charge is 0.288 e. The minimum absolute atomic E-state index is 0.0132. The van der Waals surface area contributed by atoms with Crippen molar-refractivity contribution in [3.8, 4) is 12.3 Å². The fraction of sp³-hybridized carbons (Fsp3) is 0.357. The second-order valence-electron chi connectivity index (χ2n) is 4.31. The lowest BCUT2D eigenvalue weighted by Gasteiger charge is -2.27. The highest BCUT2D eigenvalue weighted by Gasteiger charge is 2.26. The lowest BCUT2D eigenvalue weighted by Crippen LogP contribution is -2.46. The van der Waals surface area contributed by atoms with Gasteiger partial charge in [0.1, 0.15) is 10.6 Å². The molecule has 106 valence electrons. The van der Waals surface area contributed by atoms with Crippen molar-refractivity contribution in [1.29, 1.82) is 0 Å². The summed E-state index contributed by atoms with van der Waals surface area (Å²) in [5.74, 6) is 2.12. The highest BCUT2D eigenvalue weighted by molar-refractivity contribution is 6.32. The van der Waals surface area contributed by atoms with E-state index in [4.69, 9.17) is 18.0 Å². The predicted octanol–water partition coefficient (Wildman–Crippen LogP) is 3.17. The Balaban J connectivity index is 3.08. The maximum atomic E-state index is 12.2. The van der Waals surface area contributed by atoms with E-state index in [1.54, 1.807) is 0 Å². The maximum absolute atomic E-state index is 12.2. The summed E-state index contributed by atoms with van der Waals surface area (Å²) in [6.45, 7) is 3.74. The van der Waals surface area contributed by atoms with Crippen LogP contribution in [0.15, 0.2) is 18.2 Å². The van der Waals surface area contributed by atoms with Crippen molar-refractivity contribution >= 4 is 23.2 Å². The van der Waals surface area contributed by atoms with Gasteiger partial charge in [0.05, 0.1) is 4.92 Å². The number of nitro benzene ring substituents is 1. The van der Waals surface area contributed by atoms with Crippen LogP contribution in [0.4, 0.5) is 5.69 Å². The molecule has 0 fully saturated rings. The van der Waals surface area contributed by atoms with Gasteiger partial charge in [0.25, 0.3) is 11.6 Å². The summed E-state index contributed by atoms with van der Waals surface area (Å²) >= 11 is 5.71. The number of nitro groups is 1. The van der Waals surface area contributed by atoms with Gasteiger partial charge in [0.15, 0.2) is 0 Å². The molecule has 0 heterocycles. The summed E-state index contributed by atoms with van der Waals surface area (Å²) in [5, 5.41) is 13.5. The summed E-state index contributed by atoms with van der Waals surface area (Å²) in [6.07, 6.45) is 6.61. The van der Waals surface area contributed by atoms with Gasteiger partial charge in [0, 0.05) is 11.6 Å². The largest absolute Gasteiger partial charge is 0.336 e. The van der Waals surface area contributed by atoms with Crippen LogP contribution in [0.25, 0.3) is 0 Å². The van der Waals surface area contributed by atoms with Crippen LogP contribution in [-0.2, 0) is 0 Å². The Morgan fingerprint density at radius 3 is 2.55 bits per heavy atom. The molecular weight excluding hydrogens is 280 g/mol. The van der Waals surface area contributed by atoms with Crippen LogP contribution in [0.5, 0.6) is 0 Å². The molecule has 0 unspecified atom stereocenters. The second kappa shape index (κ2) is 6.40. The van der Waals surface area contributed by atoms with Crippen molar-refractivity contribution in [2.75, 3.05) is 0 Å². The van der Waals surface area contributed by atoms with Crippen molar-refractivity contribution in [1.82, 2.24) is 5.32 Å². The number of nitrogens with zero attached hydrogens (tertiary/aromatic N) is 1. The lowest BCUT2D eigenvalue weighted by atomic mass is 9.93. The Morgan fingerprint density at radius 1 is 1.50 bits per heavy atom. The second-order valence-corrected chi connectivity index (χ2v) is 4.72. The van der Waals surface area contributed by atoms with Crippen molar-refractivity contribution in [3.05, 3.63) is 38.9 Å².